The molecule has 0 aliphatic heterocycles. The molecule has 18 heavy (non-hydrogen) atoms. The number of nitrogens with two attached hydrogens (primary N) is 1. The van der Waals surface area contributed by atoms with E-state index in [-0.39, 0.29) is 29.7 Å². The standard InChI is InChI=1S/C11H18N4O2.HI/c1-3-6-14-11(13-2)15-7-8-4-5-9(17-8)10(12)16;/h4-5H,3,6-7H2,1-2H3,(H2,12,16)(H2,13,14,15);1H. The van der Waals surface area contributed by atoms with Crippen LogP contribution in [0.1, 0.15) is 29.7 Å². The highest BCUT2D eigenvalue weighted by Crippen LogP contribution is 2.06. The Morgan fingerprint density at radius 1 is 1.44 bits per heavy atom. The lowest BCUT2D eigenvalue weighted by molar-refractivity contribution is 0.0972. The summed E-state index contributed by atoms with van der Waals surface area (Å²) in [6.07, 6.45) is 1.02. The molecule has 1 amide bonds. The van der Waals surface area contributed by atoms with E-state index in [0.717, 1.165) is 13.0 Å². The van der Waals surface area contributed by atoms with E-state index in [1.165, 1.54) is 0 Å². The van der Waals surface area contributed by atoms with Gasteiger partial charge in [0.1, 0.15) is 5.76 Å². The van der Waals surface area contributed by atoms with Gasteiger partial charge in [-0.25, -0.2) is 0 Å². The number of furan rings is 1. The minimum atomic E-state index is -0.565. The average Bonchev–Trinajstić information content (AvgIpc) is 2.78. The largest absolute Gasteiger partial charge is 0.454 e. The Labute approximate surface area is 123 Å². The van der Waals surface area contributed by atoms with Crippen LogP contribution in [-0.2, 0) is 6.54 Å². The molecular formula is C11H19IN4O2. The number of carbonyl (C=O) groups is 1. The minimum absolute atomic E-state index is 0. The minimum Gasteiger partial charge on any atom is -0.454 e. The maximum atomic E-state index is 10.8. The second-order valence-electron chi connectivity index (χ2n) is 3.48. The highest BCUT2D eigenvalue weighted by Gasteiger charge is 2.07. The molecule has 1 rings (SSSR count). The molecule has 1 heterocycles. The van der Waals surface area contributed by atoms with Gasteiger partial charge in [0.15, 0.2) is 11.7 Å². The number of hydrogen-bond donors (Lipinski definition) is 3. The molecule has 6 nitrogen and oxygen atoms in total. The SMILES string of the molecule is CCCNC(=NC)NCc1ccc(C(N)=O)o1.I. The molecule has 0 atom stereocenters. The van der Waals surface area contributed by atoms with Gasteiger partial charge in [-0.3, -0.25) is 9.79 Å². The molecule has 0 saturated carbocycles. The first-order valence-corrected chi connectivity index (χ1v) is 5.50. The molecule has 0 saturated heterocycles. The number of aliphatic imine (C=N–C) groups is 1. The van der Waals surface area contributed by atoms with Crippen molar-refractivity contribution in [3.63, 3.8) is 0 Å². The summed E-state index contributed by atoms with van der Waals surface area (Å²) in [4.78, 5) is 14.9. The van der Waals surface area contributed by atoms with Gasteiger partial charge < -0.3 is 20.8 Å². The second kappa shape index (κ2) is 8.78. The van der Waals surface area contributed by atoms with E-state index in [4.69, 9.17) is 10.2 Å². The van der Waals surface area contributed by atoms with Crippen LogP contribution in [0.4, 0.5) is 0 Å². The summed E-state index contributed by atoms with van der Waals surface area (Å²) in [5, 5.41) is 6.19. The Morgan fingerprint density at radius 3 is 2.67 bits per heavy atom. The van der Waals surface area contributed by atoms with Crippen molar-refractivity contribution >= 4 is 35.8 Å². The lowest BCUT2D eigenvalue weighted by atomic mass is 10.4. The van der Waals surface area contributed by atoms with Gasteiger partial charge in [-0.15, -0.1) is 24.0 Å². The van der Waals surface area contributed by atoms with Crippen molar-refractivity contribution in [3.8, 4) is 0 Å². The van der Waals surface area contributed by atoms with Crippen LogP contribution in [0.5, 0.6) is 0 Å². The summed E-state index contributed by atoms with van der Waals surface area (Å²) in [6, 6.07) is 3.27. The van der Waals surface area contributed by atoms with Gasteiger partial charge in [0, 0.05) is 13.6 Å². The molecule has 102 valence electrons. The molecule has 0 spiro atoms. The van der Waals surface area contributed by atoms with Gasteiger partial charge in [0.2, 0.25) is 0 Å². The number of carbonyl (C=O) groups excluding carboxylic acids is 1. The predicted octanol–water partition coefficient (Wildman–Crippen LogP) is 1.07. The highest BCUT2D eigenvalue weighted by molar-refractivity contribution is 14.0. The molecule has 0 aromatic carbocycles. The van der Waals surface area contributed by atoms with Crippen LogP contribution in [-0.4, -0.2) is 25.5 Å². The van der Waals surface area contributed by atoms with E-state index in [9.17, 15) is 4.79 Å². The van der Waals surface area contributed by atoms with Crippen LogP contribution in [0.2, 0.25) is 0 Å². The second-order valence-corrected chi connectivity index (χ2v) is 3.48. The van der Waals surface area contributed by atoms with Crippen molar-refractivity contribution in [2.45, 2.75) is 19.9 Å². The summed E-state index contributed by atoms with van der Waals surface area (Å²) in [5.41, 5.74) is 5.09. The Balaban J connectivity index is 0.00000289. The van der Waals surface area contributed by atoms with Crippen molar-refractivity contribution in [1.29, 1.82) is 0 Å². The number of amides is 1. The Kier molecular flexibility index (Phi) is 8.17. The van der Waals surface area contributed by atoms with Crippen LogP contribution in [0, 0.1) is 0 Å². The number of rotatable bonds is 5. The normalized spacial score (nSPS) is 10.7. The fraction of sp³-hybridized carbons (Fsp3) is 0.455. The number of primary amides is 1. The van der Waals surface area contributed by atoms with Crippen LogP contribution in [0.3, 0.4) is 0 Å². The summed E-state index contributed by atoms with van der Waals surface area (Å²) < 4.78 is 5.22. The van der Waals surface area contributed by atoms with Crippen LogP contribution >= 0.6 is 24.0 Å². The number of guanidine groups is 1. The molecule has 1 aromatic heterocycles. The van der Waals surface area contributed by atoms with Crippen molar-refractivity contribution in [1.82, 2.24) is 10.6 Å². The zero-order valence-electron chi connectivity index (χ0n) is 10.5. The molecule has 0 radical (unpaired) electrons. The number of nitrogens with one attached hydrogen (secondary N) is 2. The van der Waals surface area contributed by atoms with Gasteiger partial charge in [-0.05, 0) is 18.6 Å². The van der Waals surface area contributed by atoms with Crippen LogP contribution in [0.25, 0.3) is 0 Å². The summed E-state index contributed by atoms with van der Waals surface area (Å²) >= 11 is 0. The third kappa shape index (κ3) is 5.39. The molecule has 0 fully saturated rings. The zero-order chi connectivity index (χ0) is 12.7. The van der Waals surface area contributed by atoms with Crippen LogP contribution < -0.4 is 16.4 Å². The van der Waals surface area contributed by atoms with E-state index in [1.54, 1.807) is 19.2 Å². The maximum absolute atomic E-state index is 10.8. The van der Waals surface area contributed by atoms with Crippen molar-refractivity contribution in [2.75, 3.05) is 13.6 Å². The molecular weight excluding hydrogens is 347 g/mol. The Bertz CT molecular complexity index is 404. The van der Waals surface area contributed by atoms with E-state index < -0.39 is 5.91 Å². The topological polar surface area (TPSA) is 92.6 Å². The van der Waals surface area contributed by atoms with Gasteiger partial charge in [-0.2, -0.15) is 0 Å². The molecule has 4 N–H and O–H groups in total. The van der Waals surface area contributed by atoms with Crippen LogP contribution in [0.15, 0.2) is 21.5 Å². The molecule has 0 aliphatic carbocycles. The molecule has 7 heteroatoms. The Morgan fingerprint density at radius 2 is 2.17 bits per heavy atom. The lowest BCUT2D eigenvalue weighted by Gasteiger charge is -2.09. The van der Waals surface area contributed by atoms with Crippen molar-refractivity contribution in [3.05, 3.63) is 23.7 Å². The predicted molar refractivity (Wildman–Crippen MR) is 81.1 cm³/mol. The first-order chi connectivity index (χ1) is 8.17. The maximum Gasteiger partial charge on any atom is 0.284 e. The summed E-state index contributed by atoms with van der Waals surface area (Å²) in [7, 11) is 1.70. The highest BCUT2D eigenvalue weighted by atomic mass is 127. The smallest absolute Gasteiger partial charge is 0.284 e. The molecule has 0 aliphatic rings. The van der Waals surface area contributed by atoms with Crippen molar-refractivity contribution < 1.29 is 9.21 Å². The first-order valence-electron chi connectivity index (χ1n) is 5.50. The lowest BCUT2D eigenvalue weighted by Crippen LogP contribution is -2.37. The van der Waals surface area contributed by atoms with Crippen molar-refractivity contribution in [2.24, 2.45) is 10.7 Å². The first kappa shape index (κ1) is 16.8. The monoisotopic (exact) mass is 366 g/mol. The number of nitrogens with zero attached hydrogens (tertiary/aromatic N) is 1. The summed E-state index contributed by atoms with van der Waals surface area (Å²) in [6.45, 7) is 3.38. The van der Waals surface area contributed by atoms with E-state index >= 15 is 0 Å². The van der Waals surface area contributed by atoms with Gasteiger partial charge in [0.25, 0.3) is 5.91 Å². The van der Waals surface area contributed by atoms with Gasteiger partial charge in [0.05, 0.1) is 6.54 Å². The third-order valence-corrected chi connectivity index (χ3v) is 2.10. The zero-order valence-corrected chi connectivity index (χ0v) is 12.9. The van der Waals surface area contributed by atoms with E-state index in [2.05, 4.69) is 22.5 Å². The van der Waals surface area contributed by atoms with E-state index in [1.807, 2.05) is 0 Å². The number of halogens is 1. The molecule has 0 unspecified atom stereocenters. The van der Waals surface area contributed by atoms with E-state index in [0.29, 0.717) is 18.3 Å². The molecule has 0 bridgehead atoms. The molecule has 1 aromatic rings. The third-order valence-electron chi connectivity index (χ3n) is 2.10. The summed E-state index contributed by atoms with van der Waals surface area (Å²) in [5.74, 6) is 0.935. The Hall–Kier alpha value is -1.25. The quantitative estimate of drug-likeness (QED) is 0.413. The average molecular weight is 366 g/mol. The van der Waals surface area contributed by atoms with Gasteiger partial charge in [-0.1, -0.05) is 6.92 Å². The van der Waals surface area contributed by atoms with Gasteiger partial charge >= 0.3 is 0 Å². The fourth-order valence-electron chi connectivity index (χ4n) is 1.24. The number of hydrogen-bond acceptors (Lipinski definition) is 3. The fourth-order valence-corrected chi connectivity index (χ4v) is 1.24.